The standard InChI is InChI=1S/C12H17N3/c1-3-8(4-2)11-7-15-12-10(11)5-9(13)6-14-12/h5-8H,3-4,13H2,1-2H3,(H,14,15). The molecule has 0 saturated heterocycles. The summed E-state index contributed by atoms with van der Waals surface area (Å²) in [5, 5.41) is 1.17. The molecular weight excluding hydrogens is 186 g/mol. The highest BCUT2D eigenvalue weighted by Crippen LogP contribution is 2.29. The fourth-order valence-electron chi connectivity index (χ4n) is 2.11. The molecule has 2 rings (SSSR count). The predicted octanol–water partition coefficient (Wildman–Crippen LogP) is 3.05. The van der Waals surface area contributed by atoms with Crippen molar-refractivity contribution < 1.29 is 0 Å². The zero-order valence-electron chi connectivity index (χ0n) is 9.25. The maximum absolute atomic E-state index is 5.76. The van der Waals surface area contributed by atoms with Gasteiger partial charge < -0.3 is 10.7 Å². The topological polar surface area (TPSA) is 54.7 Å². The highest BCUT2D eigenvalue weighted by atomic mass is 14.8. The molecule has 0 bridgehead atoms. The first-order chi connectivity index (χ1) is 7.26. The number of pyridine rings is 1. The maximum atomic E-state index is 5.76. The number of nitrogens with two attached hydrogens (primary N) is 1. The van der Waals surface area contributed by atoms with Gasteiger partial charge in [0, 0.05) is 11.6 Å². The van der Waals surface area contributed by atoms with Crippen LogP contribution in [0.25, 0.3) is 11.0 Å². The first-order valence-electron chi connectivity index (χ1n) is 5.48. The lowest BCUT2D eigenvalue weighted by molar-refractivity contribution is 0.646. The van der Waals surface area contributed by atoms with Gasteiger partial charge in [0.05, 0.1) is 11.9 Å². The van der Waals surface area contributed by atoms with Crippen molar-refractivity contribution in [3.8, 4) is 0 Å². The van der Waals surface area contributed by atoms with Crippen LogP contribution >= 0.6 is 0 Å². The highest BCUT2D eigenvalue weighted by molar-refractivity contribution is 5.82. The van der Waals surface area contributed by atoms with Gasteiger partial charge in [-0.05, 0) is 30.4 Å². The summed E-state index contributed by atoms with van der Waals surface area (Å²) >= 11 is 0. The number of aromatic amines is 1. The number of nitrogen functional groups attached to an aromatic ring is 1. The summed E-state index contributed by atoms with van der Waals surface area (Å²) in [6, 6.07) is 2.01. The van der Waals surface area contributed by atoms with Crippen molar-refractivity contribution in [3.05, 3.63) is 24.0 Å². The minimum atomic E-state index is 0.599. The minimum Gasteiger partial charge on any atom is -0.397 e. The average molecular weight is 203 g/mol. The van der Waals surface area contributed by atoms with E-state index in [1.54, 1.807) is 6.20 Å². The van der Waals surface area contributed by atoms with Gasteiger partial charge in [0.2, 0.25) is 0 Å². The van der Waals surface area contributed by atoms with Gasteiger partial charge in [-0.1, -0.05) is 13.8 Å². The molecule has 2 aromatic rings. The fraction of sp³-hybridized carbons (Fsp3) is 0.417. The summed E-state index contributed by atoms with van der Waals surface area (Å²) < 4.78 is 0. The molecule has 0 aliphatic heterocycles. The van der Waals surface area contributed by atoms with E-state index in [0.717, 1.165) is 24.2 Å². The number of hydrogen-bond acceptors (Lipinski definition) is 2. The van der Waals surface area contributed by atoms with Gasteiger partial charge in [-0.2, -0.15) is 0 Å². The normalized spacial score (nSPS) is 11.4. The van der Waals surface area contributed by atoms with E-state index in [4.69, 9.17) is 5.73 Å². The van der Waals surface area contributed by atoms with Crippen molar-refractivity contribution in [1.29, 1.82) is 0 Å². The molecule has 15 heavy (non-hydrogen) atoms. The minimum absolute atomic E-state index is 0.599. The molecule has 0 aliphatic rings. The number of hydrogen-bond donors (Lipinski definition) is 2. The van der Waals surface area contributed by atoms with Gasteiger partial charge in [-0.15, -0.1) is 0 Å². The second-order valence-corrected chi connectivity index (χ2v) is 3.92. The van der Waals surface area contributed by atoms with Gasteiger partial charge in [0.15, 0.2) is 0 Å². The molecule has 2 heterocycles. The Kier molecular flexibility index (Phi) is 2.62. The number of aromatic nitrogens is 2. The van der Waals surface area contributed by atoms with Gasteiger partial charge >= 0.3 is 0 Å². The van der Waals surface area contributed by atoms with Crippen LogP contribution in [0.5, 0.6) is 0 Å². The SMILES string of the molecule is CCC(CC)c1c[nH]c2ncc(N)cc12. The van der Waals surface area contributed by atoms with Crippen molar-refractivity contribution in [2.75, 3.05) is 5.73 Å². The van der Waals surface area contributed by atoms with E-state index in [1.807, 2.05) is 6.07 Å². The molecule has 0 unspecified atom stereocenters. The average Bonchev–Trinajstić information content (AvgIpc) is 2.64. The molecule has 0 fully saturated rings. The van der Waals surface area contributed by atoms with Gasteiger partial charge in [0.25, 0.3) is 0 Å². The van der Waals surface area contributed by atoms with E-state index < -0.39 is 0 Å². The molecule has 3 N–H and O–H groups in total. The summed E-state index contributed by atoms with van der Waals surface area (Å²) in [5.74, 6) is 0.599. The third kappa shape index (κ3) is 1.69. The Morgan fingerprint density at radius 2 is 2.13 bits per heavy atom. The quantitative estimate of drug-likeness (QED) is 0.805. The van der Waals surface area contributed by atoms with E-state index in [1.165, 1.54) is 10.9 Å². The third-order valence-electron chi connectivity index (χ3n) is 3.01. The van der Waals surface area contributed by atoms with Crippen LogP contribution in [0.2, 0.25) is 0 Å². The Morgan fingerprint density at radius 1 is 1.40 bits per heavy atom. The lowest BCUT2D eigenvalue weighted by Gasteiger charge is -2.10. The smallest absolute Gasteiger partial charge is 0.137 e. The molecule has 0 radical (unpaired) electrons. The molecule has 0 aromatic carbocycles. The number of nitrogens with zero attached hydrogens (tertiary/aromatic N) is 1. The van der Waals surface area contributed by atoms with Crippen LogP contribution in [-0.2, 0) is 0 Å². The van der Waals surface area contributed by atoms with Crippen LogP contribution in [0.1, 0.15) is 38.2 Å². The van der Waals surface area contributed by atoms with E-state index in [-0.39, 0.29) is 0 Å². The van der Waals surface area contributed by atoms with E-state index in [9.17, 15) is 0 Å². The second kappa shape index (κ2) is 3.93. The molecule has 0 spiro atoms. The van der Waals surface area contributed by atoms with Gasteiger partial charge in [0.1, 0.15) is 5.65 Å². The van der Waals surface area contributed by atoms with Crippen molar-refractivity contribution in [2.45, 2.75) is 32.6 Å². The maximum Gasteiger partial charge on any atom is 0.137 e. The van der Waals surface area contributed by atoms with Crippen LogP contribution in [0.15, 0.2) is 18.5 Å². The van der Waals surface area contributed by atoms with Crippen molar-refractivity contribution in [1.82, 2.24) is 9.97 Å². The van der Waals surface area contributed by atoms with E-state index in [0.29, 0.717) is 5.92 Å². The summed E-state index contributed by atoms with van der Waals surface area (Å²) in [6.45, 7) is 4.43. The first-order valence-corrected chi connectivity index (χ1v) is 5.48. The molecule has 3 heteroatoms. The van der Waals surface area contributed by atoms with Crippen molar-refractivity contribution in [2.24, 2.45) is 0 Å². The van der Waals surface area contributed by atoms with Crippen LogP contribution in [0.3, 0.4) is 0 Å². The molecule has 3 nitrogen and oxygen atoms in total. The largest absolute Gasteiger partial charge is 0.397 e. The molecule has 0 saturated carbocycles. The zero-order valence-corrected chi connectivity index (χ0v) is 9.25. The summed E-state index contributed by atoms with van der Waals surface area (Å²) in [5.41, 5.74) is 8.77. The van der Waals surface area contributed by atoms with Crippen molar-refractivity contribution in [3.63, 3.8) is 0 Å². The Hall–Kier alpha value is -1.51. The molecule has 2 aromatic heterocycles. The monoisotopic (exact) mass is 203 g/mol. The van der Waals surface area contributed by atoms with Crippen LogP contribution < -0.4 is 5.73 Å². The van der Waals surface area contributed by atoms with Gasteiger partial charge in [-0.25, -0.2) is 4.98 Å². The number of H-pyrrole nitrogens is 1. The number of nitrogens with one attached hydrogen (secondary N) is 1. The Balaban J connectivity index is 2.55. The lowest BCUT2D eigenvalue weighted by Crippen LogP contribution is -1.94. The molecule has 0 atom stereocenters. The molecule has 80 valence electrons. The number of fused-ring (bicyclic) bond motifs is 1. The van der Waals surface area contributed by atoms with E-state index in [2.05, 4.69) is 30.0 Å². The summed E-state index contributed by atoms with van der Waals surface area (Å²) in [7, 11) is 0. The Labute approximate surface area is 89.7 Å². The zero-order chi connectivity index (χ0) is 10.8. The number of anilines is 1. The van der Waals surface area contributed by atoms with E-state index >= 15 is 0 Å². The van der Waals surface area contributed by atoms with Crippen molar-refractivity contribution >= 4 is 16.7 Å². The number of rotatable bonds is 3. The molecular formula is C12H17N3. The van der Waals surface area contributed by atoms with Crippen LogP contribution in [0.4, 0.5) is 5.69 Å². The second-order valence-electron chi connectivity index (χ2n) is 3.92. The first kappa shape index (κ1) is 10.0. The van der Waals surface area contributed by atoms with Crippen LogP contribution in [0, 0.1) is 0 Å². The molecule has 0 aliphatic carbocycles. The summed E-state index contributed by atoms with van der Waals surface area (Å²) in [4.78, 5) is 7.47. The fourth-order valence-corrected chi connectivity index (χ4v) is 2.11. The van der Waals surface area contributed by atoms with Crippen LogP contribution in [-0.4, -0.2) is 9.97 Å². The van der Waals surface area contributed by atoms with Gasteiger partial charge in [-0.3, -0.25) is 0 Å². The highest BCUT2D eigenvalue weighted by Gasteiger charge is 2.12. The lowest BCUT2D eigenvalue weighted by atomic mass is 9.94. The molecule has 0 amide bonds. The Bertz CT molecular complexity index is 455. The predicted molar refractivity (Wildman–Crippen MR) is 63.8 cm³/mol. The third-order valence-corrected chi connectivity index (χ3v) is 3.01. The Morgan fingerprint density at radius 3 is 2.80 bits per heavy atom. The summed E-state index contributed by atoms with van der Waals surface area (Å²) in [6.07, 6.45) is 6.06.